The van der Waals surface area contributed by atoms with Crippen molar-refractivity contribution < 1.29 is 13.9 Å². The van der Waals surface area contributed by atoms with E-state index in [0.717, 1.165) is 0 Å². The number of nitrogens with zero attached hydrogens (tertiary/aromatic N) is 2. The minimum atomic E-state index is -0.484. The lowest BCUT2D eigenvalue weighted by atomic mass is 10.1. The van der Waals surface area contributed by atoms with Crippen molar-refractivity contribution in [3.8, 4) is 11.9 Å². The number of nitrogens with one attached hydrogen (secondary N) is 2. The van der Waals surface area contributed by atoms with Crippen molar-refractivity contribution in [3.05, 3.63) is 58.5 Å². The second-order valence-corrected chi connectivity index (χ2v) is 5.07. The Morgan fingerprint density at radius 2 is 2.21 bits per heavy atom. The van der Waals surface area contributed by atoms with Crippen LogP contribution in [0.5, 0.6) is 5.88 Å². The first-order valence-electron chi connectivity index (χ1n) is 7.03. The van der Waals surface area contributed by atoms with Gasteiger partial charge in [0.05, 0.1) is 18.2 Å². The minimum Gasteiger partial charge on any atom is -0.475 e. The van der Waals surface area contributed by atoms with E-state index in [4.69, 9.17) is 21.6 Å². The zero-order valence-electron chi connectivity index (χ0n) is 12.6. The van der Waals surface area contributed by atoms with Crippen LogP contribution in [-0.4, -0.2) is 24.2 Å². The largest absolute Gasteiger partial charge is 0.475 e. The lowest BCUT2D eigenvalue weighted by molar-refractivity contribution is 0.235. The number of amides is 2. The number of hydrogen-bond acceptors (Lipinski definition) is 4. The molecule has 2 amide bonds. The number of rotatable bonds is 6. The number of urea groups is 1. The number of carbonyl (C=O) groups excluding carboxylic acids is 1. The Kier molecular flexibility index (Phi) is 6.34. The zero-order valence-corrected chi connectivity index (χ0v) is 13.3. The van der Waals surface area contributed by atoms with Crippen LogP contribution >= 0.6 is 11.6 Å². The van der Waals surface area contributed by atoms with E-state index in [1.165, 1.54) is 18.2 Å². The van der Waals surface area contributed by atoms with Crippen LogP contribution in [0.25, 0.3) is 0 Å². The van der Waals surface area contributed by atoms with E-state index in [1.54, 1.807) is 18.3 Å². The molecule has 0 aliphatic carbocycles. The summed E-state index contributed by atoms with van der Waals surface area (Å²) in [5, 5.41) is 14.2. The average molecular weight is 349 g/mol. The molecule has 0 saturated heterocycles. The molecule has 24 heavy (non-hydrogen) atoms. The third-order valence-corrected chi connectivity index (χ3v) is 3.25. The first kappa shape index (κ1) is 17.5. The Balaban J connectivity index is 1.72. The van der Waals surface area contributed by atoms with Crippen LogP contribution in [0, 0.1) is 17.1 Å². The summed E-state index contributed by atoms with van der Waals surface area (Å²) in [4.78, 5) is 15.6. The van der Waals surface area contributed by atoms with Gasteiger partial charge in [0.1, 0.15) is 17.4 Å². The van der Waals surface area contributed by atoms with Crippen molar-refractivity contribution in [2.24, 2.45) is 0 Å². The van der Waals surface area contributed by atoms with Crippen molar-refractivity contribution in [2.45, 2.75) is 6.54 Å². The van der Waals surface area contributed by atoms with Gasteiger partial charge in [-0.2, -0.15) is 5.26 Å². The summed E-state index contributed by atoms with van der Waals surface area (Å²) in [6.45, 7) is 0.377. The maximum atomic E-state index is 13.6. The third kappa shape index (κ3) is 5.11. The lowest BCUT2D eigenvalue weighted by Crippen LogP contribution is -2.37. The van der Waals surface area contributed by atoms with E-state index in [1.807, 2.05) is 6.07 Å². The van der Waals surface area contributed by atoms with Crippen LogP contribution in [-0.2, 0) is 6.54 Å². The van der Waals surface area contributed by atoms with Crippen LogP contribution in [0.2, 0.25) is 5.02 Å². The highest BCUT2D eigenvalue weighted by Crippen LogP contribution is 2.19. The molecule has 6 nitrogen and oxygen atoms in total. The highest BCUT2D eigenvalue weighted by Gasteiger charge is 2.06. The number of nitriles is 1. The van der Waals surface area contributed by atoms with Gasteiger partial charge in [-0.15, -0.1) is 0 Å². The van der Waals surface area contributed by atoms with E-state index < -0.39 is 11.8 Å². The van der Waals surface area contributed by atoms with Gasteiger partial charge in [0.15, 0.2) is 0 Å². The SMILES string of the molecule is N#Cc1ccc(F)c(CNC(=O)NCCOc2ncccc2Cl)c1. The number of ether oxygens (including phenoxy) is 1. The Labute approximate surface area is 143 Å². The summed E-state index contributed by atoms with van der Waals surface area (Å²) < 4.78 is 18.9. The molecule has 2 rings (SSSR count). The second-order valence-electron chi connectivity index (χ2n) is 4.67. The van der Waals surface area contributed by atoms with Gasteiger partial charge in [0.2, 0.25) is 5.88 Å². The van der Waals surface area contributed by atoms with Gasteiger partial charge in [-0.1, -0.05) is 11.6 Å². The lowest BCUT2D eigenvalue weighted by Gasteiger charge is -2.10. The van der Waals surface area contributed by atoms with Gasteiger partial charge >= 0.3 is 6.03 Å². The standard InChI is InChI=1S/C16H14ClFN4O2/c17-13-2-1-5-20-15(13)24-7-6-21-16(23)22-10-12-8-11(9-19)3-4-14(12)18/h1-5,8H,6-7,10H2,(H2,21,22,23). The quantitative estimate of drug-likeness (QED) is 0.786. The highest BCUT2D eigenvalue weighted by molar-refractivity contribution is 6.31. The monoisotopic (exact) mass is 348 g/mol. The van der Waals surface area contributed by atoms with Gasteiger partial charge in [-0.05, 0) is 30.3 Å². The minimum absolute atomic E-state index is 0.0277. The molecule has 0 unspecified atom stereocenters. The maximum Gasteiger partial charge on any atom is 0.315 e. The number of pyridine rings is 1. The van der Waals surface area contributed by atoms with E-state index in [-0.39, 0.29) is 31.1 Å². The summed E-state index contributed by atoms with van der Waals surface area (Å²) >= 11 is 5.88. The third-order valence-electron chi connectivity index (χ3n) is 2.97. The fraction of sp³-hybridized carbons (Fsp3) is 0.188. The van der Waals surface area contributed by atoms with Crippen molar-refractivity contribution in [2.75, 3.05) is 13.2 Å². The molecule has 2 N–H and O–H groups in total. The summed E-state index contributed by atoms with van der Waals surface area (Å²) in [5.74, 6) is -0.195. The summed E-state index contributed by atoms with van der Waals surface area (Å²) in [6.07, 6.45) is 1.55. The van der Waals surface area contributed by atoms with Gasteiger partial charge in [0.25, 0.3) is 0 Å². The van der Waals surface area contributed by atoms with E-state index in [2.05, 4.69) is 15.6 Å². The molecule has 0 spiro atoms. The molecule has 124 valence electrons. The Hall–Kier alpha value is -2.85. The molecule has 1 heterocycles. The second kappa shape index (κ2) is 8.70. The highest BCUT2D eigenvalue weighted by atomic mass is 35.5. The first-order chi connectivity index (χ1) is 11.6. The molecule has 0 aliphatic heterocycles. The Morgan fingerprint density at radius 1 is 1.38 bits per heavy atom. The number of benzene rings is 1. The van der Waals surface area contributed by atoms with Crippen molar-refractivity contribution in [3.63, 3.8) is 0 Å². The van der Waals surface area contributed by atoms with Crippen LogP contribution < -0.4 is 15.4 Å². The number of carbonyl (C=O) groups is 1. The Morgan fingerprint density at radius 3 is 2.96 bits per heavy atom. The molecular formula is C16H14ClFN4O2. The Bertz CT molecular complexity index is 764. The molecule has 0 fully saturated rings. The molecule has 0 radical (unpaired) electrons. The van der Waals surface area contributed by atoms with Crippen molar-refractivity contribution in [1.82, 2.24) is 15.6 Å². The number of halogens is 2. The van der Waals surface area contributed by atoms with Gasteiger partial charge in [-0.3, -0.25) is 0 Å². The topological polar surface area (TPSA) is 87.0 Å². The van der Waals surface area contributed by atoms with Crippen LogP contribution in [0.3, 0.4) is 0 Å². The summed E-state index contributed by atoms with van der Waals surface area (Å²) in [7, 11) is 0. The molecule has 8 heteroatoms. The van der Waals surface area contributed by atoms with Crippen LogP contribution in [0.4, 0.5) is 9.18 Å². The fourth-order valence-corrected chi connectivity index (χ4v) is 1.98. The molecule has 2 aromatic rings. The van der Waals surface area contributed by atoms with Crippen molar-refractivity contribution in [1.29, 1.82) is 5.26 Å². The smallest absolute Gasteiger partial charge is 0.315 e. The summed E-state index contributed by atoms with van der Waals surface area (Å²) in [5.41, 5.74) is 0.565. The predicted molar refractivity (Wildman–Crippen MR) is 86.1 cm³/mol. The molecule has 0 atom stereocenters. The molecule has 0 aliphatic rings. The van der Waals surface area contributed by atoms with Crippen LogP contribution in [0.1, 0.15) is 11.1 Å². The zero-order chi connectivity index (χ0) is 17.4. The van der Waals surface area contributed by atoms with E-state index in [9.17, 15) is 9.18 Å². The van der Waals surface area contributed by atoms with Gasteiger partial charge in [-0.25, -0.2) is 14.2 Å². The van der Waals surface area contributed by atoms with Gasteiger partial charge in [0, 0.05) is 18.3 Å². The van der Waals surface area contributed by atoms with Crippen molar-refractivity contribution >= 4 is 17.6 Å². The molecule has 0 bridgehead atoms. The number of hydrogen-bond donors (Lipinski definition) is 2. The van der Waals surface area contributed by atoms with Gasteiger partial charge < -0.3 is 15.4 Å². The normalized spacial score (nSPS) is 9.88. The fourth-order valence-electron chi connectivity index (χ4n) is 1.81. The van der Waals surface area contributed by atoms with Crippen LogP contribution in [0.15, 0.2) is 36.5 Å². The predicted octanol–water partition coefficient (Wildman–Crippen LogP) is 2.62. The molecular weight excluding hydrogens is 335 g/mol. The molecule has 1 aromatic heterocycles. The average Bonchev–Trinajstić information content (AvgIpc) is 2.59. The van der Waals surface area contributed by atoms with E-state index in [0.29, 0.717) is 10.6 Å². The number of aromatic nitrogens is 1. The summed E-state index contributed by atoms with van der Waals surface area (Å²) in [6, 6.07) is 8.72. The molecule has 1 aromatic carbocycles. The maximum absolute atomic E-state index is 13.6. The molecule has 0 saturated carbocycles. The van der Waals surface area contributed by atoms with E-state index >= 15 is 0 Å². The first-order valence-corrected chi connectivity index (χ1v) is 7.41.